The minimum atomic E-state index is -0.530. The number of H-pyrrole nitrogens is 1. The summed E-state index contributed by atoms with van der Waals surface area (Å²) in [5.41, 5.74) is -0.378. The zero-order chi connectivity index (χ0) is 25.9. The normalized spacial score (nSPS) is 16.3. The summed E-state index contributed by atoms with van der Waals surface area (Å²) in [5, 5.41) is 2.82. The third-order valence-electron chi connectivity index (χ3n) is 6.17. The number of amides is 2. The quantitative estimate of drug-likeness (QED) is 0.546. The first kappa shape index (κ1) is 25.1. The average molecular weight is 494 g/mol. The Morgan fingerprint density at radius 1 is 1.08 bits per heavy atom. The summed E-state index contributed by atoms with van der Waals surface area (Å²) < 4.78 is 18.7. The molecular formula is C26H28FN5O4. The van der Waals surface area contributed by atoms with Gasteiger partial charge >= 0.3 is 0 Å². The second-order valence-electron chi connectivity index (χ2n) is 9.28. The standard InChI is InChI=1S/C26H28FN5O4/c1-17(24(34)30-22-10-9-21(15-28-22)36-20-7-5-19(27)6-8-20)31-12-13-32(26(2,3)16-31)25(35)18-4-11-23(33)29-14-18/h4-11,14-15,17H,12-13,16H2,1-3H3,(H,29,33)(H,28,30,34). The van der Waals surface area contributed by atoms with E-state index >= 15 is 0 Å². The molecule has 0 spiro atoms. The van der Waals surface area contributed by atoms with E-state index in [9.17, 15) is 18.8 Å². The van der Waals surface area contributed by atoms with Gasteiger partial charge in [-0.25, -0.2) is 9.37 Å². The average Bonchev–Trinajstić information content (AvgIpc) is 2.85. The van der Waals surface area contributed by atoms with Gasteiger partial charge in [0.25, 0.3) is 5.91 Å². The number of aromatic amines is 1. The monoisotopic (exact) mass is 493 g/mol. The van der Waals surface area contributed by atoms with Crippen LogP contribution in [0.4, 0.5) is 10.2 Å². The van der Waals surface area contributed by atoms with Crippen LogP contribution in [0, 0.1) is 5.82 Å². The molecule has 0 bridgehead atoms. The number of aromatic nitrogens is 2. The molecule has 4 rings (SSSR count). The first-order valence-corrected chi connectivity index (χ1v) is 11.6. The fourth-order valence-electron chi connectivity index (χ4n) is 4.15. The maximum absolute atomic E-state index is 13.0. The molecule has 1 unspecified atom stereocenters. The van der Waals surface area contributed by atoms with Gasteiger partial charge in [0.2, 0.25) is 11.5 Å². The van der Waals surface area contributed by atoms with Gasteiger partial charge in [0.15, 0.2) is 0 Å². The number of pyridine rings is 2. The number of hydrogen-bond donors (Lipinski definition) is 2. The van der Waals surface area contributed by atoms with Gasteiger partial charge in [-0.3, -0.25) is 19.3 Å². The van der Waals surface area contributed by atoms with E-state index in [4.69, 9.17) is 4.74 Å². The summed E-state index contributed by atoms with van der Waals surface area (Å²) in [4.78, 5) is 47.8. The van der Waals surface area contributed by atoms with E-state index in [0.717, 1.165) is 0 Å². The first-order valence-electron chi connectivity index (χ1n) is 11.6. The molecule has 1 aliphatic heterocycles. The van der Waals surface area contributed by atoms with Crippen LogP contribution in [0.25, 0.3) is 0 Å². The van der Waals surface area contributed by atoms with Crippen molar-refractivity contribution in [2.24, 2.45) is 0 Å². The highest BCUT2D eigenvalue weighted by Crippen LogP contribution is 2.25. The molecule has 1 fully saturated rings. The molecule has 3 heterocycles. The van der Waals surface area contributed by atoms with Crippen molar-refractivity contribution >= 4 is 17.6 Å². The van der Waals surface area contributed by atoms with Crippen molar-refractivity contribution in [1.29, 1.82) is 0 Å². The van der Waals surface area contributed by atoms with Crippen LogP contribution in [-0.2, 0) is 4.79 Å². The number of halogens is 1. The molecule has 188 valence electrons. The lowest BCUT2D eigenvalue weighted by atomic mass is 9.96. The lowest BCUT2D eigenvalue weighted by molar-refractivity contribution is -0.122. The maximum Gasteiger partial charge on any atom is 0.255 e. The Balaban J connectivity index is 1.34. The molecule has 0 radical (unpaired) electrons. The molecule has 2 amide bonds. The third-order valence-corrected chi connectivity index (χ3v) is 6.17. The Kier molecular flexibility index (Phi) is 7.16. The molecule has 3 aromatic rings. The molecule has 0 aliphatic carbocycles. The highest BCUT2D eigenvalue weighted by molar-refractivity contribution is 5.95. The summed E-state index contributed by atoms with van der Waals surface area (Å²) >= 11 is 0. The lowest BCUT2D eigenvalue weighted by Gasteiger charge is -2.48. The molecule has 0 saturated carbocycles. The van der Waals surface area contributed by atoms with Crippen LogP contribution < -0.4 is 15.6 Å². The Hall–Kier alpha value is -4.05. The predicted octanol–water partition coefficient (Wildman–Crippen LogP) is 3.26. The fourth-order valence-corrected chi connectivity index (χ4v) is 4.15. The SMILES string of the molecule is CC(C(=O)Nc1ccc(Oc2ccc(F)cc2)cn1)N1CCN(C(=O)c2ccc(=O)[nH]c2)C(C)(C)C1. The van der Waals surface area contributed by atoms with E-state index in [0.29, 0.717) is 42.5 Å². The van der Waals surface area contributed by atoms with Gasteiger partial charge in [-0.05, 0) is 63.2 Å². The summed E-state index contributed by atoms with van der Waals surface area (Å²) in [6.45, 7) is 7.18. The minimum Gasteiger partial charge on any atom is -0.456 e. The van der Waals surface area contributed by atoms with Gasteiger partial charge in [-0.1, -0.05) is 0 Å². The van der Waals surface area contributed by atoms with E-state index in [1.807, 2.05) is 25.7 Å². The smallest absolute Gasteiger partial charge is 0.255 e. The number of carbonyl (C=O) groups is 2. The van der Waals surface area contributed by atoms with Crippen LogP contribution >= 0.6 is 0 Å². The summed E-state index contributed by atoms with van der Waals surface area (Å²) in [7, 11) is 0. The second kappa shape index (κ2) is 10.3. The Labute approximate surface area is 207 Å². The Bertz CT molecular complexity index is 1270. The van der Waals surface area contributed by atoms with Crippen LogP contribution in [0.2, 0.25) is 0 Å². The number of nitrogens with zero attached hydrogens (tertiary/aromatic N) is 3. The van der Waals surface area contributed by atoms with Gasteiger partial charge in [0.05, 0.1) is 23.3 Å². The van der Waals surface area contributed by atoms with Gasteiger partial charge in [-0.2, -0.15) is 0 Å². The van der Waals surface area contributed by atoms with Crippen molar-refractivity contribution < 1.29 is 18.7 Å². The molecule has 1 aromatic carbocycles. The van der Waals surface area contributed by atoms with Crippen molar-refractivity contribution in [3.63, 3.8) is 0 Å². The van der Waals surface area contributed by atoms with Crippen LogP contribution in [0.15, 0.2) is 65.7 Å². The summed E-state index contributed by atoms with van der Waals surface area (Å²) in [6.07, 6.45) is 2.90. The van der Waals surface area contributed by atoms with Crippen LogP contribution in [0.1, 0.15) is 31.1 Å². The van der Waals surface area contributed by atoms with Crippen molar-refractivity contribution in [2.75, 3.05) is 25.0 Å². The topological polar surface area (TPSA) is 108 Å². The van der Waals surface area contributed by atoms with E-state index in [2.05, 4.69) is 15.3 Å². The number of anilines is 1. The molecule has 1 aliphatic rings. The number of nitrogens with one attached hydrogen (secondary N) is 2. The number of piperazine rings is 1. The molecule has 36 heavy (non-hydrogen) atoms. The number of ether oxygens (including phenoxy) is 1. The largest absolute Gasteiger partial charge is 0.456 e. The summed E-state index contributed by atoms with van der Waals surface area (Å²) in [5.74, 6) is 0.579. The zero-order valence-corrected chi connectivity index (χ0v) is 20.3. The maximum atomic E-state index is 13.0. The van der Waals surface area contributed by atoms with Crippen LogP contribution in [-0.4, -0.2) is 62.8 Å². The highest BCUT2D eigenvalue weighted by Gasteiger charge is 2.39. The van der Waals surface area contributed by atoms with E-state index < -0.39 is 11.6 Å². The molecule has 10 heteroatoms. The molecule has 2 N–H and O–H groups in total. The van der Waals surface area contributed by atoms with E-state index in [1.54, 1.807) is 17.0 Å². The van der Waals surface area contributed by atoms with Crippen molar-refractivity contribution in [1.82, 2.24) is 19.8 Å². The zero-order valence-electron chi connectivity index (χ0n) is 20.3. The summed E-state index contributed by atoms with van der Waals surface area (Å²) in [6, 6.07) is 11.3. The van der Waals surface area contributed by atoms with E-state index in [1.165, 1.54) is 48.8 Å². The molecule has 2 aromatic heterocycles. The van der Waals surface area contributed by atoms with Crippen molar-refractivity contribution in [3.8, 4) is 11.5 Å². The third kappa shape index (κ3) is 5.77. The van der Waals surface area contributed by atoms with Crippen LogP contribution in [0.5, 0.6) is 11.5 Å². The Morgan fingerprint density at radius 3 is 2.42 bits per heavy atom. The number of hydrogen-bond acceptors (Lipinski definition) is 6. The fraction of sp³-hybridized carbons (Fsp3) is 0.308. The first-order chi connectivity index (χ1) is 17.1. The predicted molar refractivity (Wildman–Crippen MR) is 133 cm³/mol. The second-order valence-corrected chi connectivity index (χ2v) is 9.28. The van der Waals surface area contributed by atoms with Crippen molar-refractivity contribution in [2.45, 2.75) is 32.4 Å². The molecule has 1 atom stereocenters. The number of rotatable bonds is 6. The number of benzene rings is 1. The lowest BCUT2D eigenvalue weighted by Crippen LogP contribution is -2.63. The van der Waals surface area contributed by atoms with Crippen molar-refractivity contribution in [3.05, 3.63) is 82.7 Å². The minimum absolute atomic E-state index is 0.167. The molecular weight excluding hydrogens is 465 g/mol. The Morgan fingerprint density at radius 2 is 1.81 bits per heavy atom. The number of carbonyl (C=O) groups excluding carboxylic acids is 2. The van der Waals surface area contributed by atoms with Gasteiger partial charge in [0, 0.05) is 31.9 Å². The van der Waals surface area contributed by atoms with Gasteiger partial charge in [0.1, 0.15) is 23.1 Å². The van der Waals surface area contributed by atoms with Crippen LogP contribution in [0.3, 0.4) is 0 Å². The molecule has 9 nitrogen and oxygen atoms in total. The highest BCUT2D eigenvalue weighted by atomic mass is 19.1. The van der Waals surface area contributed by atoms with Gasteiger partial charge in [-0.15, -0.1) is 0 Å². The van der Waals surface area contributed by atoms with Gasteiger partial charge < -0.3 is 19.9 Å². The molecule has 1 saturated heterocycles. The van der Waals surface area contributed by atoms with E-state index in [-0.39, 0.29) is 23.2 Å².